The molecule has 0 aromatic rings. The van der Waals surface area contributed by atoms with E-state index in [4.69, 9.17) is 19.7 Å². The summed E-state index contributed by atoms with van der Waals surface area (Å²) < 4.78 is 24.2. The molecule has 0 bridgehead atoms. The molecule has 0 fully saturated rings. The van der Waals surface area contributed by atoms with Crippen LogP contribution in [0.25, 0.3) is 0 Å². The number of carbonyl (C=O) groups is 2. The summed E-state index contributed by atoms with van der Waals surface area (Å²) in [6, 6.07) is 0. The topological polar surface area (TPSA) is 121 Å². The number of rotatable bonds is 15. The van der Waals surface area contributed by atoms with Gasteiger partial charge in [-0.3, -0.25) is 0 Å². The highest BCUT2D eigenvalue weighted by Crippen LogP contribution is 1.84. The van der Waals surface area contributed by atoms with Crippen LogP contribution in [0.15, 0.2) is 25.3 Å². The van der Waals surface area contributed by atoms with Crippen molar-refractivity contribution < 1.29 is 43.5 Å². The van der Waals surface area contributed by atoms with Crippen LogP contribution in [0.3, 0.4) is 0 Å². The zero-order valence-corrected chi connectivity index (χ0v) is 14.4. The van der Waals surface area contributed by atoms with Crippen molar-refractivity contribution in [1.29, 1.82) is 0 Å². The minimum absolute atomic E-state index is 0.0278. The van der Waals surface area contributed by atoms with E-state index in [1.165, 1.54) is 0 Å². The third-order valence-corrected chi connectivity index (χ3v) is 2.12. The van der Waals surface area contributed by atoms with E-state index in [1.807, 2.05) is 0 Å². The average molecular weight is 364 g/mol. The molecule has 0 amide bonds. The van der Waals surface area contributed by atoms with Gasteiger partial charge < -0.3 is 33.9 Å². The lowest BCUT2D eigenvalue weighted by Crippen LogP contribution is -2.13. The smallest absolute Gasteiger partial charge is 0.330 e. The largest absolute Gasteiger partial charge is 0.460 e. The van der Waals surface area contributed by atoms with Crippen molar-refractivity contribution in [3.8, 4) is 0 Å². The Hall–Kier alpha value is -1.78. The highest BCUT2D eigenvalue weighted by molar-refractivity contribution is 5.81. The molecule has 0 radical (unpaired) electrons. The Kier molecular flexibility index (Phi) is 22.6. The first-order chi connectivity index (χ1) is 12.1. The van der Waals surface area contributed by atoms with E-state index < -0.39 is 11.9 Å². The Bertz CT molecular complexity index is 312. The average Bonchev–Trinajstić information content (AvgIpc) is 2.63. The maximum absolute atomic E-state index is 10.6. The SMILES string of the molecule is C=CC(=O)OCCOCCOCCOC(=O)C=C.OCCOCCO. The maximum Gasteiger partial charge on any atom is 0.330 e. The number of esters is 2. The lowest BCUT2D eigenvalue weighted by atomic mass is 10.6. The molecular weight excluding hydrogens is 336 g/mol. The molecule has 9 heteroatoms. The lowest BCUT2D eigenvalue weighted by molar-refractivity contribution is -0.141. The molecule has 0 aromatic heterocycles. The molecule has 0 rings (SSSR count). The third-order valence-electron chi connectivity index (χ3n) is 2.12. The van der Waals surface area contributed by atoms with Crippen LogP contribution in [-0.4, -0.2) is 88.2 Å². The van der Waals surface area contributed by atoms with E-state index in [2.05, 4.69) is 27.4 Å². The van der Waals surface area contributed by atoms with E-state index in [9.17, 15) is 9.59 Å². The fourth-order valence-electron chi connectivity index (χ4n) is 1.07. The third kappa shape index (κ3) is 24.6. The summed E-state index contributed by atoms with van der Waals surface area (Å²) in [6.07, 6.45) is 2.18. The van der Waals surface area contributed by atoms with Gasteiger partial charge in [0.2, 0.25) is 0 Å². The second-order valence-corrected chi connectivity index (χ2v) is 4.03. The Morgan fingerprint density at radius 1 is 0.640 bits per heavy atom. The minimum atomic E-state index is -0.473. The molecule has 0 aliphatic rings. The Morgan fingerprint density at radius 2 is 0.960 bits per heavy atom. The van der Waals surface area contributed by atoms with Crippen molar-refractivity contribution in [1.82, 2.24) is 0 Å². The van der Waals surface area contributed by atoms with E-state index in [0.717, 1.165) is 12.2 Å². The molecule has 0 aliphatic carbocycles. The zero-order chi connectivity index (χ0) is 19.2. The van der Waals surface area contributed by atoms with Gasteiger partial charge in [-0.15, -0.1) is 0 Å². The molecule has 146 valence electrons. The number of hydrogen-bond donors (Lipinski definition) is 2. The Labute approximate surface area is 147 Å². The second kappa shape index (κ2) is 22.2. The van der Waals surface area contributed by atoms with Crippen LogP contribution in [0.1, 0.15) is 0 Å². The van der Waals surface area contributed by atoms with Crippen LogP contribution in [0, 0.1) is 0 Å². The van der Waals surface area contributed by atoms with E-state index in [1.54, 1.807) is 0 Å². The van der Waals surface area contributed by atoms with Crippen LogP contribution in [0.2, 0.25) is 0 Å². The first-order valence-electron chi connectivity index (χ1n) is 7.65. The molecular formula is C16H28O9. The van der Waals surface area contributed by atoms with Crippen LogP contribution < -0.4 is 0 Å². The molecule has 0 spiro atoms. The molecule has 2 N–H and O–H groups in total. The predicted molar refractivity (Wildman–Crippen MR) is 88.9 cm³/mol. The molecule has 9 nitrogen and oxygen atoms in total. The normalized spacial score (nSPS) is 9.52. The molecule has 0 heterocycles. The molecule has 25 heavy (non-hydrogen) atoms. The van der Waals surface area contributed by atoms with Gasteiger partial charge in [0.1, 0.15) is 13.2 Å². The Balaban J connectivity index is 0. The predicted octanol–water partition coefficient (Wildman–Crippen LogP) is -0.534. The fourth-order valence-corrected chi connectivity index (χ4v) is 1.07. The lowest BCUT2D eigenvalue weighted by Gasteiger charge is -2.06. The monoisotopic (exact) mass is 364 g/mol. The van der Waals surface area contributed by atoms with Crippen molar-refractivity contribution in [2.75, 3.05) is 66.1 Å². The summed E-state index contributed by atoms with van der Waals surface area (Å²) in [6.45, 7) is 8.93. The van der Waals surface area contributed by atoms with Gasteiger partial charge in [-0.05, 0) is 0 Å². The van der Waals surface area contributed by atoms with Crippen LogP contribution >= 0.6 is 0 Å². The number of ether oxygens (including phenoxy) is 5. The van der Waals surface area contributed by atoms with Gasteiger partial charge in [-0.2, -0.15) is 0 Å². The first kappa shape index (κ1) is 25.5. The molecule has 0 aliphatic heterocycles. The van der Waals surface area contributed by atoms with Gasteiger partial charge in [0, 0.05) is 12.2 Å². The summed E-state index contributed by atoms with van der Waals surface area (Å²) in [4.78, 5) is 21.3. The van der Waals surface area contributed by atoms with Crippen LogP contribution in [0.5, 0.6) is 0 Å². The minimum Gasteiger partial charge on any atom is -0.460 e. The quantitative estimate of drug-likeness (QED) is 0.224. The summed E-state index contributed by atoms with van der Waals surface area (Å²) in [5, 5.41) is 16.2. The second-order valence-electron chi connectivity index (χ2n) is 4.03. The molecule has 0 saturated carbocycles. The molecule has 0 unspecified atom stereocenters. The van der Waals surface area contributed by atoms with Gasteiger partial charge in [-0.1, -0.05) is 13.2 Å². The number of carbonyl (C=O) groups excluding carboxylic acids is 2. The highest BCUT2D eigenvalue weighted by atomic mass is 16.6. The van der Waals surface area contributed by atoms with Gasteiger partial charge in [0.15, 0.2) is 0 Å². The fraction of sp³-hybridized carbons (Fsp3) is 0.625. The summed E-state index contributed by atoms with van der Waals surface area (Å²) in [7, 11) is 0. The summed E-state index contributed by atoms with van der Waals surface area (Å²) in [5.41, 5.74) is 0. The number of hydrogen-bond acceptors (Lipinski definition) is 9. The molecule has 0 aromatic carbocycles. The van der Waals surface area contributed by atoms with Crippen molar-refractivity contribution >= 4 is 11.9 Å². The standard InChI is InChI=1S/C12H18O6.C4H10O3/c1-3-11(13)17-9-7-15-5-6-16-8-10-18-12(14)4-2;5-1-3-7-4-2-6/h3-4H,1-2,5-10H2;5-6H,1-4H2. The van der Waals surface area contributed by atoms with Crippen LogP contribution in [0.4, 0.5) is 0 Å². The van der Waals surface area contributed by atoms with Crippen LogP contribution in [-0.2, 0) is 33.3 Å². The van der Waals surface area contributed by atoms with Gasteiger partial charge >= 0.3 is 11.9 Å². The number of aliphatic hydroxyl groups is 2. The van der Waals surface area contributed by atoms with Crippen molar-refractivity contribution in [2.24, 2.45) is 0 Å². The highest BCUT2D eigenvalue weighted by Gasteiger charge is 1.96. The van der Waals surface area contributed by atoms with Crippen molar-refractivity contribution in [3.63, 3.8) is 0 Å². The molecule has 0 atom stereocenters. The van der Waals surface area contributed by atoms with E-state index in [0.29, 0.717) is 39.6 Å². The Morgan fingerprint density at radius 3 is 1.28 bits per heavy atom. The van der Waals surface area contributed by atoms with E-state index in [-0.39, 0.29) is 26.4 Å². The van der Waals surface area contributed by atoms with Crippen molar-refractivity contribution in [2.45, 2.75) is 0 Å². The van der Waals surface area contributed by atoms with Gasteiger partial charge in [0.05, 0.1) is 52.9 Å². The van der Waals surface area contributed by atoms with Gasteiger partial charge in [0.25, 0.3) is 0 Å². The maximum atomic E-state index is 10.6. The summed E-state index contributed by atoms with van der Waals surface area (Å²) >= 11 is 0. The van der Waals surface area contributed by atoms with E-state index >= 15 is 0 Å². The first-order valence-corrected chi connectivity index (χ1v) is 7.65. The molecule has 0 saturated heterocycles. The summed E-state index contributed by atoms with van der Waals surface area (Å²) in [5.74, 6) is -0.947. The zero-order valence-electron chi connectivity index (χ0n) is 14.4. The van der Waals surface area contributed by atoms with Crippen molar-refractivity contribution in [3.05, 3.63) is 25.3 Å². The van der Waals surface area contributed by atoms with Gasteiger partial charge in [-0.25, -0.2) is 9.59 Å². The number of aliphatic hydroxyl groups excluding tert-OH is 2.